The number of carbonyl (C=O) groups excluding carboxylic acids is 1. The Labute approximate surface area is 174 Å². The molecule has 0 amide bonds. The number of benzene rings is 1. The van der Waals surface area contributed by atoms with Crippen LogP contribution in [0.5, 0.6) is 0 Å². The van der Waals surface area contributed by atoms with E-state index in [0.717, 1.165) is 0 Å². The summed E-state index contributed by atoms with van der Waals surface area (Å²) in [4.78, 5) is 36.9. The van der Waals surface area contributed by atoms with Crippen LogP contribution in [0.3, 0.4) is 0 Å². The maximum absolute atomic E-state index is 12.8. The summed E-state index contributed by atoms with van der Waals surface area (Å²) in [7, 11) is 1.64. The average molecular weight is 408 g/mol. The van der Waals surface area contributed by atoms with Gasteiger partial charge in [-0.25, -0.2) is 9.59 Å². The summed E-state index contributed by atoms with van der Waals surface area (Å²) in [5.74, 6) is 2.07. The normalized spacial score (nSPS) is 15.8. The van der Waals surface area contributed by atoms with E-state index in [1.54, 1.807) is 25.8 Å². The molecule has 2 rings (SSSR count). The number of hydrogen-bond acceptors (Lipinski definition) is 6. The standard InChI is InChI=1S/C22H20N2O6/c1-5-6-7-8-13-30-22(27)19-15(3)23(4)14(2)18(21(25)26)20(19)16-9-11-17(12-10-16)24(28)29/h1,9-12,20H,6-7H2,2-4H3,(H,25,26). The van der Waals surface area contributed by atoms with Crippen LogP contribution in [0.2, 0.25) is 0 Å². The van der Waals surface area contributed by atoms with E-state index in [-0.39, 0.29) is 16.8 Å². The Bertz CT molecular complexity index is 1050. The van der Waals surface area contributed by atoms with Crippen LogP contribution in [0.15, 0.2) is 46.8 Å². The zero-order chi connectivity index (χ0) is 22.4. The predicted molar refractivity (Wildman–Crippen MR) is 109 cm³/mol. The van der Waals surface area contributed by atoms with Crippen molar-refractivity contribution in [2.75, 3.05) is 7.05 Å². The molecule has 0 radical (unpaired) electrons. The van der Waals surface area contributed by atoms with Crippen molar-refractivity contribution >= 4 is 17.6 Å². The molecule has 1 aromatic carbocycles. The molecular weight excluding hydrogens is 388 g/mol. The van der Waals surface area contributed by atoms with Gasteiger partial charge in [0.25, 0.3) is 5.69 Å². The van der Waals surface area contributed by atoms with Gasteiger partial charge in [-0.15, -0.1) is 12.3 Å². The fraction of sp³-hybridized carbons (Fsp3) is 0.273. The van der Waals surface area contributed by atoms with E-state index in [9.17, 15) is 24.8 Å². The predicted octanol–water partition coefficient (Wildman–Crippen LogP) is 3.17. The summed E-state index contributed by atoms with van der Waals surface area (Å²) in [5, 5.41) is 20.8. The third-order valence-electron chi connectivity index (χ3n) is 4.86. The van der Waals surface area contributed by atoms with E-state index >= 15 is 0 Å². The van der Waals surface area contributed by atoms with Crippen molar-refractivity contribution in [1.82, 2.24) is 4.90 Å². The fourth-order valence-corrected chi connectivity index (χ4v) is 3.16. The van der Waals surface area contributed by atoms with Crippen molar-refractivity contribution in [3.63, 3.8) is 0 Å². The molecule has 154 valence electrons. The Hall–Kier alpha value is -4.04. The number of unbranched alkanes of at least 4 members (excludes halogenated alkanes) is 1. The van der Waals surface area contributed by atoms with Gasteiger partial charge in [-0.1, -0.05) is 18.1 Å². The molecule has 0 aromatic heterocycles. The molecule has 1 aromatic rings. The Morgan fingerprint density at radius 1 is 1.20 bits per heavy atom. The molecule has 0 bridgehead atoms. The second kappa shape index (κ2) is 9.44. The number of allylic oxidation sites excluding steroid dienone is 2. The number of rotatable bonds is 5. The minimum Gasteiger partial charge on any atom is -0.478 e. The van der Waals surface area contributed by atoms with Crippen LogP contribution < -0.4 is 0 Å². The molecule has 1 aliphatic heterocycles. The lowest BCUT2D eigenvalue weighted by Crippen LogP contribution is -2.32. The molecule has 1 atom stereocenters. The molecule has 1 unspecified atom stereocenters. The van der Waals surface area contributed by atoms with E-state index < -0.39 is 22.8 Å². The highest BCUT2D eigenvalue weighted by molar-refractivity contribution is 5.99. The summed E-state index contributed by atoms with van der Waals surface area (Å²) in [6, 6.07) is 5.40. The summed E-state index contributed by atoms with van der Waals surface area (Å²) >= 11 is 0. The number of hydrogen-bond donors (Lipinski definition) is 1. The van der Waals surface area contributed by atoms with Crippen LogP contribution in [0.1, 0.15) is 38.2 Å². The van der Waals surface area contributed by atoms with Gasteiger partial charge < -0.3 is 14.7 Å². The largest absolute Gasteiger partial charge is 0.478 e. The number of nitro benzene ring substituents is 1. The number of carboxylic acids is 1. The van der Waals surface area contributed by atoms with Crippen LogP contribution in [0.4, 0.5) is 5.69 Å². The van der Waals surface area contributed by atoms with Gasteiger partial charge in [0, 0.05) is 43.4 Å². The van der Waals surface area contributed by atoms with Crippen LogP contribution in [0, 0.1) is 34.5 Å². The zero-order valence-electron chi connectivity index (χ0n) is 16.8. The second-order valence-corrected chi connectivity index (χ2v) is 6.52. The maximum atomic E-state index is 12.8. The first kappa shape index (κ1) is 22.3. The zero-order valence-corrected chi connectivity index (χ0v) is 16.8. The lowest BCUT2D eigenvalue weighted by atomic mass is 9.80. The third-order valence-corrected chi connectivity index (χ3v) is 4.86. The third kappa shape index (κ3) is 4.50. The van der Waals surface area contributed by atoms with Crippen molar-refractivity contribution in [3.8, 4) is 24.4 Å². The summed E-state index contributed by atoms with van der Waals surface area (Å²) < 4.78 is 5.05. The van der Waals surface area contributed by atoms with Gasteiger partial charge in [0.2, 0.25) is 0 Å². The number of carbonyl (C=O) groups is 2. The van der Waals surface area contributed by atoms with Crippen molar-refractivity contribution < 1.29 is 24.4 Å². The highest BCUT2D eigenvalue weighted by atomic mass is 16.6. The number of nitrogens with zero attached hydrogens (tertiary/aromatic N) is 2. The van der Waals surface area contributed by atoms with Gasteiger partial charge in [0.1, 0.15) is 6.11 Å². The van der Waals surface area contributed by atoms with Gasteiger partial charge in [-0.2, -0.15) is 0 Å². The van der Waals surface area contributed by atoms with Crippen molar-refractivity contribution in [2.24, 2.45) is 0 Å². The molecule has 0 saturated carbocycles. The Morgan fingerprint density at radius 3 is 2.33 bits per heavy atom. The first-order valence-corrected chi connectivity index (χ1v) is 8.96. The number of non-ortho nitro benzene ring substituents is 1. The molecule has 1 heterocycles. The number of nitro groups is 1. The van der Waals surface area contributed by atoms with E-state index in [1.165, 1.54) is 24.3 Å². The van der Waals surface area contributed by atoms with Crippen molar-refractivity contribution in [2.45, 2.75) is 32.6 Å². The SMILES string of the molecule is C#CCCC#COC(=O)C1=C(C)N(C)C(C)=C(C(=O)O)C1c1ccc([N+](=O)[O-])cc1. The quantitative estimate of drug-likeness (QED) is 0.262. The number of aliphatic carboxylic acids is 1. The lowest BCUT2D eigenvalue weighted by molar-refractivity contribution is -0.384. The lowest BCUT2D eigenvalue weighted by Gasteiger charge is -2.34. The number of terminal acetylenes is 1. The number of esters is 1. The molecule has 8 nitrogen and oxygen atoms in total. The topological polar surface area (TPSA) is 110 Å². The summed E-state index contributed by atoms with van der Waals surface area (Å²) in [6.45, 7) is 3.30. The smallest absolute Gasteiger partial charge is 0.350 e. The molecule has 8 heteroatoms. The fourth-order valence-electron chi connectivity index (χ4n) is 3.16. The molecule has 0 spiro atoms. The van der Waals surface area contributed by atoms with Crippen LogP contribution in [-0.4, -0.2) is 33.9 Å². The van der Waals surface area contributed by atoms with Gasteiger partial charge >= 0.3 is 11.9 Å². The number of ether oxygens (including phenoxy) is 1. The molecule has 0 aliphatic carbocycles. The molecular formula is C22H20N2O6. The molecule has 1 aliphatic rings. The van der Waals surface area contributed by atoms with Crippen LogP contribution >= 0.6 is 0 Å². The van der Waals surface area contributed by atoms with E-state index in [1.807, 2.05) is 0 Å². The van der Waals surface area contributed by atoms with E-state index in [2.05, 4.69) is 17.9 Å². The highest BCUT2D eigenvalue weighted by Gasteiger charge is 2.39. The minimum absolute atomic E-state index is 0.0239. The number of carboxylic acid groups (broad SMARTS) is 1. The first-order valence-electron chi connectivity index (χ1n) is 8.96. The molecule has 0 fully saturated rings. The summed E-state index contributed by atoms with van der Waals surface area (Å²) in [5.41, 5.74) is 1.28. The first-order chi connectivity index (χ1) is 14.2. The Balaban J connectivity index is 2.55. The van der Waals surface area contributed by atoms with E-state index in [0.29, 0.717) is 29.8 Å². The molecule has 30 heavy (non-hydrogen) atoms. The van der Waals surface area contributed by atoms with E-state index in [4.69, 9.17) is 11.2 Å². The average Bonchev–Trinajstić information content (AvgIpc) is 2.71. The Kier molecular flexibility index (Phi) is 7.00. The van der Waals surface area contributed by atoms with Crippen LogP contribution in [-0.2, 0) is 14.3 Å². The monoisotopic (exact) mass is 408 g/mol. The van der Waals surface area contributed by atoms with Crippen LogP contribution in [0.25, 0.3) is 0 Å². The molecule has 1 N–H and O–H groups in total. The minimum atomic E-state index is -1.21. The second-order valence-electron chi connectivity index (χ2n) is 6.52. The molecule has 0 saturated heterocycles. The maximum Gasteiger partial charge on any atom is 0.350 e. The van der Waals surface area contributed by atoms with Gasteiger partial charge in [0.15, 0.2) is 0 Å². The van der Waals surface area contributed by atoms with Crippen molar-refractivity contribution in [3.05, 3.63) is 62.5 Å². The van der Waals surface area contributed by atoms with Crippen molar-refractivity contribution in [1.29, 1.82) is 0 Å². The van der Waals surface area contributed by atoms with Gasteiger partial charge in [0.05, 0.1) is 22.0 Å². The van der Waals surface area contributed by atoms with Gasteiger partial charge in [-0.3, -0.25) is 10.1 Å². The Morgan fingerprint density at radius 2 is 1.80 bits per heavy atom. The van der Waals surface area contributed by atoms with Gasteiger partial charge in [-0.05, 0) is 19.4 Å². The summed E-state index contributed by atoms with van der Waals surface area (Å²) in [6.07, 6.45) is 8.21. The highest BCUT2D eigenvalue weighted by Crippen LogP contribution is 2.42.